The summed E-state index contributed by atoms with van der Waals surface area (Å²) < 4.78 is 4.94. The zero-order valence-corrected chi connectivity index (χ0v) is 9.20. The van der Waals surface area contributed by atoms with Crippen molar-refractivity contribution in [3.63, 3.8) is 0 Å². The highest BCUT2D eigenvalue weighted by Crippen LogP contribution is 2.24. The van der Waals surface area contributed by atoms with E-state index >= 15 is 0 Å². The molecular weight excluding hydrogens is 214 g/mol. The predicted octanol–water partition coefficient (Wildman–Crippen LogP) is 1.20. The number of aliphatic hydroxyl groups is 2. The first-order valence-electron chi connectivity index (χ1n) is 4.48. The van der Waals surface area contributed by atoms with Crippen molar-refractivity contribution in [2.45, 2.75) is 25.2 Å². The summed E-state index contributed by atoms with van der Waals surface area (Å²) in [4.78, 5) is 0.982. The van der Waals surface area contributed by atoms with Crippen molar-refractivity contribution in [2.75, 3.05) is 7.11 Å². The number of ether oxygens (including phenoxy) is 1. The van der Waals surface area contributed by atoms with Crippen LogP contribution in [0.3, 0.4) is 0 Å². The van der Waals surface area contributed by atoms with Gasteiger partial charge in [0.25, 0.3) is 0 Å². The molecule has 2 atom stereocenters. The fraction of sp³-hybridized carbons (Fsp3) is 0.500. The molecule has 1 heterocycles. The number of aliphatic hydroxyl groups excluding tert-OH is 2. The molecule has 15 heavy (non-hydrogen) atoms. The SMILES string of the molecule is COCc1cc(C(O)C(O)CC#N)cs1. The van der Waals surface area contributed by atoms with Crippen LogP contribution in [-0.2, 0) is 11.3 Å². The van der Waals surface area contributed by atoms with Crippen LogP contribution in [0.25, 0.3) is 0 Å². The van der Waals surface area contributed by atoms with Gasteiger partial charge in [-0.1, -0.05) is 0 Å². The number of methoxy groups -OCH3 is 1. The Balaban J connectivity index is 2.65. The van der Waals surface area contributed by atoms with Crippen molar-refractivity contribution in [3.05, 3.63) is 21.9 Å². The van der Waals surface area contributed by atoms with Gasteiger partial charge in [-0.3, -0.25) is 0 Å². The second-order valence-corrected chi connectivity index (χ2v) is 4.15. The molecule has 1 aromatic heterocycles. The molecule has 1 rings (SSSR count). The summed E-state index contributed by atoms with van der Waals surface area (Å²) in [5, 5.41) is 29.2. The number of thiophene rings is 1. The normalized spacial score (nSPS) is 14.5. The van der Waals surface area contributed by atoms with Crippen LogP contribution < -0.4 is 0 Å². The number of rotatable bonds is 5. The van der Waals surface area contributed by atoms with Gasteiger partial charge in [0, 0.05) is 12.0 Å². The molecule has 4 nitrogen and oxygen atoms in total. The highest BCUT2D eigenvalue weighted by molar-refractivity contribution is 7.10. The van der Waals surface area contributed by atoms with Crippen LogP contribution in [0.2, 0.25) is 0 Å². The number of hydrogen-bond acceptors (Lipinski definition) is 5. The van der Waals surface area contributed by atoms with Crippen LogP contribution in [0, 0.1) is 11.3 Å². The lowest BCUT2D eigenvalue weighted by molar-refractivity contribution is 0.0218. The van der Waals surface area contributed by atoms with Gasteiger partial charge in [-0.15, -0.1) is 11.3 Å². The van der Waals surface area contributed by atoms with E-state index in [0.717, 1.165) is 4.88 Å². The molecule has 0 bridgehead atoms. The molecule has 1 aromatic rings. The molecule has 0 aliphatic heterocycles. The summed E-state index contributed by atoms with van der Waals surface area (Å²) in [5.74, 6) is 0. The first kappa shape index (κ1) is 12.1. The monoisotopic (exact) mass is 227 g/mol. The summed E-state index contributed by atoms with van der Waals surface area (Å²) in [6.45, 7) is 0.492. The average Bonchev–Trinajstić information content (AvgIpc) is 2.66. The molecule has 82 valence electrons. The maximum Gasteiger partial charge on any atom is 0.107 e. The molecule has 0 aliphatic carbocycles. The van der Waals surface area contributed by atoms with E-state index in [9.17, 15) is 10.2 Å². The van der Waals surface area contributed by atoms with Crippen LogP contribution in [-0.4, -0.2) is 23.4 Å². The predicted molar refractivity (Wildman–Crippen MR) is 56.2 cm³/mol. The van der Waals surface area contributed by atoms with Crippen molar-refractivity contribution in [1.29, 1.82) is 5.26 Å². The zero-order valence-electron chi connectivity index (χ0n) is 8.38. The van der Waals surface area contributed by atoms with Gasteiger partial charge < -0.3 is 14.9 Å². The Morgan fingerprint density at radius 1 is 1.60 bits per heavy atom. The second kappa shape index (κ2) is 5.83. The van der Waals surface area contributed by atoms with Crippen LogP contribution >= 0.6 is 11.3 Å². The quantitative estimate of drug-likeness (QED) is 0.792. The van der Waals surface area contributed by atoms with Crippen molar-refractivity contribution in [3.8, 4) is 6.07 Å². The summed E-state index contributed by atoms with van der Waals surface area (Å²) in [6.07, 6.45) is -2.09. The lowest BCUT2D eigenvalue weighted by Crippen LogP contribution is -2.16. The van der Waals surface area contributed by atoms with Gasteiger partial charge in [0.15, 0.2) is 0 Å². The van der Waals surface area contributed by atoms with E-state index in [-0.39, 0.29) is 6.42 Å². The number of hydrogen-bond donors (Lipinski definition) is 2. The summed E-state index contributed by atoms with van der Waals surface area (Å²) in [7, 11) is 1.60. The highest BCUT2D eigenvalue weighted by Gasteiger charge is 2.19. The molecular formula is C10H13NO3S. The number of nitriles is 1. The van der Waals surface area contributed by atoms with Gasteiger partial charge in [-0.05, 0) is 17.0 Å². The fourth-order valence-electron chi connectivity index (χ4n) is 1.20. The van der Waals surface area contributed by atoms with Crippen molar-refractivity contribution >= 4 is 11.3 Å². The van der Waals surface area contributed by atoms with Gasteiger partial charge in [0.05, 0.1) is 25.2 Å². The minimum absolute atomic E-state index is 0.0728. The minimum Gasteiger partial charge on any atom is -0.389 e. The van der Waals surface area contributed by atoms with Gasteiger partial charge in [-0.25, -0.2) is 0 Å². The van der Waals surface area contributed by atoms with E-state index in [1.54, 1.807) is 18.6 Å². The molecule has 0 aliphatic rings. The van der Waals surface area contributed by atoms with E-state index in [4.69, 9.17) is 10.00 Å². The molecule has 0 radical (unpaired) electrons. The Labute approximate surface area is 92.4 Å². The topological polar surface area (TPSA) is 73.5 Å². The Morgan fingerprint density at radius 2 is 2.33 bits per heavy atom. The van der Waals surface area contributed by atoms with Gasteiger partial charge in [0.2, 0.25) is 0 Å². The first-order chi connectivity index (χ1) is 7.19. The van der Waals surface area contributed by atoms with Crippen molar-refractivity contribution in [2.24, 2.45) is 0 Å². The smallest absolute Gasteiger partial charge is 0.107 e. The number of nitrogens with zero attached hydrogens (tertiary/aromatic N) is 1. The summed E-state index contributed by atoms with van der Waals surface area (Å²) in [6, 6.07) is 3.60. The molecule has 0 amide bonds. The summed E-state index contributed by atoms with van der Waals surface area (Å²) in [5.41, 5.74) is 0.634. The first-order valence-corrected chi connectivity index (χ1v) is 5.36. The molecule has 0 saturated heterocycles. The zero-order chi connectivity index (χ0) is 11.3. The van der Waals surface area contributed by atoms with Gasteiger partial charge in [-0.2, -0.15) is 5.26 Å². The molecule has 2 unspecified atom stereocenters. The lowest BCUT2D eigenvalue weighted by Gasteiger charge is -2.13. The van der Waals surface area contributed by atoms with Crippen LogP contribution in [0.5, 0.6) is 0 Å². The third-order valence-corrected chi connectivity index (χ3v) is 2.90. The molecule has 5 heteroatoms. The second-order valence-electron chi connectivity index (χ2n) is 3.15. The van der Waals surface area contributed by atoms with Crippen LogP contribution in [0.1, 0.15) is 23.0 Å². The minimum atomic E-state index is -1.03. The average molecular weight is 227 g/mol. The van der Waals surface area contributed by atoms with Gasteiger partial charge >= 0.3 is 0 Å². The standard InChI is InChI=1S/C10H13NO3S/c1-14-5-8-4-7(6-15-8)10(13)9(12)2-3-11/h4,6,9-10,12-13H,2,5H2,1H3. The van der Waals surface area contributed by atoms with E-state index in [0.29, 0.717) is 12.2 Å². The fourth-order valence-corrected chi connectivity index (χ4v) is 2.08. The molecule has 0 spiro atoms. The lowest BCUT2D eigenvalue weighted by atomic mass is 10.1. The van der Waals surface area contributed by atoms with Crippen LogP contribution in [0.4, 0.5) is 0 Å². The Kier molecular flexibility index (Phi) is 4.72. The third kappa shape index (κ3) is 3.29. The maximum atomic E-state index is 9.67. The largest absolute Gasteiger partial charge is 0.389 e. The van der Waals surface area contributed by atoms with E-state index < -0.39 is 12.2 Å². The van der Waals surface area contributed by atoms with Gasteiger partial charge in [0.1, 0.15) is 6.10 Å². The molecule has 0 fully saturated rings. The maximum absolute atomic E-state index is 9.67. The van der Waals surface area contributed by atoms with Crippen LogP contribution in [0.15, 0.2) is 11.4 Å². The Hall–Kier alpha value is -0.930. The third-order valence-electron chi connectivity index (χ3n) is 1.97. The molecule has 0 aromatic carbocycles. The Morgan fingerprint density at radius 3 is 2.93 bits per heavy atom. The Bertz CT molecular complexity index is 345. The van der Waals surface area contributed by atoms with Crippen molar-refractivity contribution in [1.82, 2.24) is 0 Å². The van der Waals surface area contributed by atoms with E-state index in [1.807, 2.05) is 6.07 Å². The van der Waals surface area contributed by atoms with Crippen molar-refractivity contribution < 1.29 is 14.9 Å². The van der Waals surface area contributed by atoms with E-state index in [1.165, 1.54) is 11.3 Å². The highest BCUT2D eigenvalue weighted by atomic mass is 32.1. The van der Waals surface area contributed by atoms with E-state index in [2.05, 4.69) is 0 Å². The molecule has 2 N–H and O–H groups in total. The summed E-state index contributed by atoms with van der Waals surface area (Å²) >= 11 is 1.46. The molecule has 0 saturated carbocycles.